The van der Waals surface area contributed by atoms with Crippen molar-refractivity contribution in [1.29, 1.82) is 0 Å². The molecule has 4 fully saturated rings. The van der Waals surface area contributed by atoms with Crippen LogP contribution >= 0.6 is 47.0 Å². The first-order valence-corrected chi connectivity index (χ1v) is 49.7. The van der Waals surface area contributed by atoms with E-state index in [1.165, 1.54) is 60.3 Å². The minimum Gasteiger partial charge on any atom is -0.439 e. The minimum absolute atomic E-state index is 0.00300. The lowest BCUT2D eigenvalue weighted by Crippen LogP contribution is -2.70. The summed E-state index contributed by atoms with van der Waals surface area (Å²) in [6.07, 6.45) is 10.7. The van der Waals surface area contributed by atoms with Gasteiger partial charge in [-0.25, -0.2) is 24.8 Å². The maximum absolute atomic E-state index is 14.2. The summed E-state index contributed by atoms with van der Waals surface area (Å²) in [6.45, 7) is 26.2. The second-order valence-corrected chi connectivity index (χ2v) is 44.3. The van der Waals surface area contributed by atoms with Crippen LogP contribution in [0.3, 0.4) is 0 Å². The van der Waals surface area contributed by atoms with E-state index in [-0.39, 0.29) is 159 Å². The van der Waals surface area contributed by atoms with Gasteiger partial charge in [0.15, 0.2) is 29.9 Å². The first-order valence-electron chi connectivity index (χ1n) is 44.0. The number of nitrogens with two attached hydrogens (primary N) is 1. The lowest BCUT2D eigenvalue weighted by Gasteiger charge is -2.48. The number of allylic oxidation sites excluding steroid dienone is 4. The van der Waals surface area contributed by atoms with Crippen molar-refractivity contribution in [2.75, 3.05) is 92.8 Å². The van der Waals surface area contributed by atoms with Gasteiger partial charge in [0.25, 0.3) is 14.2 Å². The van der Waals surface area contributed by atoms with Crippen molar-refractivity contribution in [1.82, 2.24) is 67.0 Å². The van der Waals surface area contributed by atoms with Crippen LogP contribution in [-0.4, -0.2) is 275 Å². The first-order chi connectivity index (χ1) is 59.6. The Labute approximate surface area is 747 Å². The molecule has 31 nitrogen and oxygen atoms in total. The number of Topliss-reactive ketones (excluding diaryl/α,β-unsaturated/α-hetero) is 1. The molecule has 2 aromatic carbocycles. The number of rotatable bonds is 30. The molecule has 0 aromatic heterocycles. The van der Waals surface area contributed by atoms with Gasteiger partial charge in [-0.1, -0.05) is 120 Å². The number of aliphatic imine (C=N–C) groups is 4. The number of imide groups is 1. The number of ether oxygens (including phenoxy) is 3. The quantitative estimate of drug-likeness (QED) is 0.00978. The number of nitrogens with one attached hydrogen (secondary N) is 8. The molecule has 0 radical (unpaired) electrons. The second-order valence-electron chi connectivity index (χ2n) is 34.4. The highest BCUT2D eigenvalue weighted by molar-refractivity contribution is 8.01. The Hall–Kier alpha value is -8.36. The second kappa shape index (κ2) is 44.4. The summed E-state index contributed by atoms with van der Waals surface area (Å²) in [6, 6.07) is 21.7. The van der Waals surface area contributed by atoms with Gasteiger partial charge in [-0.05, 0) is 125 Å². The van der Waals surface area contributed by atoms with E-state index in [0.717, 1.165) is 127 Å². The molecule has 0 spiro atoms. The molecule has 676 valence electrons. The van der Waals surface area contributed by atoms with Crippen LogP contribution < -0.4 is 58.6 Å². The van der Waals surface area contributed by atoms with Gasteiger partial charge in [0, 0.05) is 142 Å². The van der Waals surface area contributed by atoms with Gasteiger partial charge < -0.3 is 91.6 Å². The number of aliphatic hydroxyl groups excluding tert-OH is 1. The van der Waals surface area contributed by atoms with E-state index in [1.807, 2.05) is 30.4 Å². The van der Waals surface area contributed by atoms with Crippen molar-refractivity contribution >= 4 is 137 Å². The molecule has 36 heteroatoms. The van der Waals surface area contributed by atoms with Gasteiger partial charge >= 0.3 is 6.09 Å². The number of hydrogen-bond acceptors (Lipinski definition) is 30. The summed E-state index contributed by atoms with van der Waals surface area (Å²) in [5, 5.41) is 40.3. The molecule has 11 N–H and O–H groups in total. The minimum atomic E-state index is -2.77. The Bertz CT molecular complexity index is 4380. The summed E-state index contributed by atoms with van der Waals surface area (Å²) < 4.78 is 24.4. The van der Waals surface area contributed by atoms with Crippen LogP contribution in [0.15, 0.2) is 139 Å². The molecule has 124 heavy (non-hydrogen) atoms. The van der Waals surface area contributed by atoms with E-state index < -0.39 is 67.5 Å². The number of guanidine groups is 4. The van der Waals surface area contributed by atoms with Gasteiger partial charge in [-0.15, -0.1) is 47.0 Å². The summed E-state index contributed by atoms with van der Waals surface area (Å²) in [5.74, 6) is 0.0867. The normalized spacial score (nSPS) is 28.8. The Balaban J connectivity index is 0.544. The number of carbonyl (C=O) groups excluding carboxylic acids is 8. The van der Waals surface area contributed by atoms with Crippen molar-refractivity contribution < 1.29 is 62.1 Å². The lowest BCUT2D eigenvalue weighted by molar-refractivity contribution is -0.138. The summed E-state index contributed by atoms with van der Waals surface area (Å²) in [4.78, 5) is 139. The predicted octanol–water partition coefficient (Wildman–Crippen LogP) is 6.64. The summed E-state index contributed by atoms with van der Waals surface area (Å²) in [7, 11) is 0.115. The highest BCUT2D eigenvalue weighted by atomic mass is 32.2. The van der Waals surface area contributed by atoms with Crippen LogP contribution in [0.4, 0.5) is 4.79 Å². The van der Waals surface area contributed by atoms with Crippen LogP contribution in [0.2, 0.25) is 5.04 Å². The largest absolute Gasteiger partial charge is 0.439 e. The van der Waals surface area contributed by atoms with E-state index in [4.69, 9.17) is 44.3 Å². The number of aliphatic hydroxyl groups is 1. The zero-order chi connectivity index (χ0) is 88.4. The Morgan fingerprint density at radius 1 is 0.702 bits per heavy atom. The van der Waals surface area contributed by atoms with Gasteiger partial charge in [0.05, 0.1) is 45.0 Å². The number of hydrogen-bond donors (Lipinski definition) is 10. The molecule has 9 aliphatic heterocycles. The van der Waals surface area contributed by atoms with E-state index in [0.29, 0.717) is 24.8 Å². The highest BCUT2D eigenvalue weighted by Gasteiger charge is 2.53. The smallest absolute Gasteiger partial charge is 0.405 e. The third-order valence-corrected chi connectivity index (χ3v) is 34.4. The molecule has 15 atom stereocenters. The van der Waals surface area contributed by atoms with Crippen molar-refractivity contribution in [2.45, 2.75) is 237 Å². The SMILES string of the molecule is CCN1CC[C@H](SC2CCN3CC[C@H](SC4CC(=O)N(CCCC(=O)NCCCC(=O)NCCCNC5=C6C[C@@H](C)C[C@H](OC)[C@H](O)[C@@H](C)/C=C(\C)[C@H](OC(N)=O)[C@@H](OC)/C=C\C=C(/C)C(=O)NC(=CC5=O)C6=O)C4=O)NC3=N2)N=C1NC(C)S[C@H]1CCN2CCC(S[C@H]3CCN4CC[C@H](O[Si](c5ccccc5)(c5ccccc5)C(C)(C)C)NC4=N3)N=C2N1. The fourth-order valence-corrected chi connectivity index (χ4v) is 26.9. The van der Waals surface area contributed by atoms with Crippen LogP contribution in [0.25, 0.3) is 0 Å². The van der Waals surface area contributed by atoms with Gasteiger partial charge in [0.1, 0.15) is 33.8 Å². The average Bonchev–Trinajstić information content (AvgIpc) is 1.67. The number of thioether (sulfide) groups is 4. The summed E-state index contributed by atoms with van der Waals surface area (Å²) >= 11 is 7.05. The van der Waals surface area contributed by atoms with Crippen molar-refractivity contribution in [3.8, 4) is 0 Å². The van der Waals surface area contributed by atoms with Crippen LogP contribution in [-0.2, 0) is 52.2 Å². The number of carbonyl (C=O) groups is 8. The van der Waals surface area contributed by atoms with Crippen molar-refractivity contribution in [3.05, 3.63) is 119 Å². The van der Waals surface area contributed by atoms with E-state index in [2.05, 4.69) is 157 Å². The standard InChI is InChI=1S/C88H128N18O13S4Si/c1-12-102-43-32-72(98-84(102)93-58(6)120-70-33-44-104-47-36-74(100-86(104)96-70)123-73-35-46-103-42-31-69(95-85(103)99-73)119-124(88(7,8)9,59-24-15-13-16-25-59)60-26-17-14-18-27-60)122-75-37-48-105-45-34-71(97-87(105)101-75)121-66-53-76(110)106(82(66)114)41-21-30-68(109)90-38-20-29-67(108)91-39-22-40-92-77-61-49-54(2)50-65(117-11)78(111)56(4)51-57(5)80(118-83(89)115)64(116-10)28-19-23-55(3)81(113)94-62(79(61)112)52-63(77)107/h13-19,23-28,51-52,54,56,58,64-66,69-75,78,80,92,111H,12,20-22,29-50,53H2,1-11H3,(H2,89,115)(H,90,109)(H,91,108)(H,93,98)(H,94,113)(H,95,99)(H,96,100)(H,97,101)/b28-19-,55-23+,57-51+/t54-,56+,58?,64+,65+,66?,69+,70+,71+,72+,73+,74?,75?,78-,80+/m1/s1. The fraction of sp³-hybridized carbons (Fsp3) is 0.614. The highest BCUT2D eigenvalue weighted by Crippen LogP contribution is 2.41. The number of amides is 6. The Morgan fingerprint density at radius 2 is 1.27 bits per heavy atom. The molecular formula is C88H128N18O13S4Si. The molecular weight excluding hydrogens is 1670 g/mol. The molecule has 2 aromatic rings. The number of primary amides is 1. The molecule has 2 bridgehead atoms. The van der Waals surface area contributed by atoms with Crippen molar-refractivity contribution in [3.63, 3.8) is 0 Å². The van der Waals surface area contributed by atoms with Crippen LogP contribution in [0, 0.1) is 11.8 Å². The van der Waals surface area contributed by atoms with Gasteiger partial charge in [-0.2, -0.15) is 0 Å². The first kappa shape index (κ1) is 94.8. The molecule has 10 aliphatic rings. The lowest BCUT2D eigenvalue weighted by atomic mass is 9.85. The number of methoxy groups -OCH3 is 2. The zero-order valence-electron chi connectivity index (χ0n) is 73.5. The van der Waals surface area contributed by atoms with Crippen LogP contribution in [0.1, 0.15) is 159 Å². The average molecular weight is 1800 g/mol. The van der Waals surface area contributed by atoms with Crippen LogP contribution in [0.5, 0.6) is 0 Å². The topological polar surface area (TPSA) is 382 Å². The number of ketones is 2. The molecule has 0 saturated carbocycles. The molecule has 1 aliphatic carbocycles. The predicted molar refractivity (Wildman–Crippen MR) is 493 cm³/mol. The zero-order valence-corrected chi connectivity index (χ0v) is 77.8. The van der Waals surface area contributed by atoms with Gasteiger partial charge in [-0.3, -0.25) is 38.5 Å². The number of benzene rings is 2. The molecule has 9 heterocycles. The third kappa shape index (κ3) is 24.7. The molecule has 6 amide bonds. The molecule has 12 rings (SSSR count). The maximum atomic E-state index is 14.2. The number of likely N-dealkylation sites (tertiary alicyclic amines) is 1. The fourth-order valence-electron chi connectivity index (χ4n) is 17.5. The molecule has 4 unspecified atom stereocenters. The molecule has 4 saturated heterocycles. The third-order valence-electron chi connectivity index (χ3n) is 24.1. The van der Waals surface area contributed by atoms with E-state index in [1.54, 1.807) is 37.8 Å². The summed E-state index contributed by atoms with van der Waals surface area (Å²) in [5.41, 5.74) is 6.19. The van der Waals surface area contributed by atoms with E-state index in [9.17, 15) is 43.5 Å². The van der Waals surface area contributed by atoms with Crippen molar-refractivity contribution in [2.24, 2.45) is 37.5 Å². The monoisotopic (exact) mass is 1800 g/mol. The Kier molecular flexibility index (Phi) is 33.9. The van der Waals surface area contributed by atoms with E-state index >= 15 is 0 Å². The maximum Gasteiger partial charge on any atom is 0.405 e. The Morgan fingerprint density at radius 3 is 1.88 bits per heavy atom. The van der Waals surface area contributed by atoms with Gasteiger partial charge in [0.2, 0.25) is 35.2 Å². The number of nitrogens with zero attached hydrogens (tertiary/aromatic N) is 9. The number of fused-ring (bicyclic) bond motifs is 5.